The third-order valence-electron chi connectivity index (χ3n) is 1.76. The van der Waals surface area contributed by atoms with Gasteiger partial charge in [-0.25, -0.2) is 0 Å². The zero-order chi connectivity index (χ0) is 12.9. The molecule has 0 unspecified atom stereocenters. The Morgan fingerprint density at radius 3 is 2.59 bits per heavy atom. The molecule has 1 N–H and O–H groups in total. The highest BCUT2D eigenvalue weighted by molar-refractivity contribution is 6.30. The van der Waals surface area contributed by atoms with Crippen LogP contribution in [0.15, 0.2) is 18.2 Å². The zero-order valence-corrected chi connectivity index (χ0v) is 9.38. The minimum atomic E-state index is -4.39. The van der Waals surface area contributed by atoms with Gasteiger partial charge in [0, 0.05) is 10.6 Å². The highest BCUT2D eigenvalue weighted by Crippen LogP contribution is 2.23. The van der Waals surface area contributed by atoms with Crippen LogP contribution in [0.25, 0.3) is 0 Å². The Bertz CT molecular complexity index is 368. The number of halogens is 4. The van der Waals surface area contributed by atoms with Crippen LogP contribution in [0, 0.1) is 0 Å². The maximum Gasteiger partial charge on any atom is 0.411 e. The molecule has 17 heavy (non-hydrogen) atoms. The van der Waals surface area contributed by atoms with Crippen molar-refractivity contribution in [3.8, 4) is 5.75 Å². The minimum Gasteiger partial charge on any atom is -0.467 e. The molecular formula is C10H10ClF3O3. The number of hydrogen-bond acceptors (Lipinski definition) is 3. The van der Waals surface area contributed by atoms with Crippen molar-refractivity contribution in [1.29, 1.82) is 0 Å². The van der Waals surface area contributed by atoms with E-state index in [4.69, 9.17) is 21.4 Å². The van der Waals surface area contributed by atoms with Gasteiger partial charge in [-0.05, 0) is 18.2 Å². The molecule has 0 aromatic heterocycles. The monoisotopic (exact) mass is 270 g/mol. The molecule has 1 aromatic carbocycles. The second-order valence-electron chi connectivity index (χ2n) is 3.14. The fourth-order valence-corrected chi connectivity index (χ4v) is 1.27. The first kappa shape index (κ1) is 14.1. The molecule has 0 radical (unpaired) electrons. The number of aliphatic hydroxyl groups is 1. The van der Waals surface area contributed by atoms with Gasteiger partial charge in [0.1, 0.15) is 12.4 Å². The lowest BCUT2D eigenvalue weighted by Gasteiger charge is -2.11. The largest absolute Gasteiger partial charge is 0.467 e. The summed E-state index contributed by atoms with van der Waals surface area (Å²) in [5.41, 5.74) is 0.383. The van der Waals surface area contributed by atoms with Crippen molar-refractivity contribution < 1.29 is 27.8 Å². The van der Waals surface area contributed by atoms with Crippen LogP contribution >= 0.6 is 11.6 Å². The van der Waals surface area contributed by atoms with Crippen LogP contribution in [0.2, 0.25) is 5.02 Å². The summed E-state index contributed by atoms with van der Waals surface area (Å²) in [5.74, 6) is 0.235. The summed E-state index contributed by atoms with van der Waals surface area (Å²) >= 11 is 5.67. The van der Waals surface area contributed by atoms with E-state index >= 15 is 0 Å². The summed E-state index contributed by atoms with van der Waals surface area (Å²) in [5, 5.41) is 9.37. The molecule has 0 aliphatic carbocycles. The number of rotatable bonds is 5. The molecule has 0 saturated heterocycles. The van der Waals surface area contributed by atoms with Crippen molar-refractivity contribution in [2.24, 2.45) is 0 Å². The van der Waals surface area contributed by atoms with E-state index in [1.807, 2.05) is 0 Å². The summed E-state index contributed by atoms with van der Waals surface area (Å²) in [6.07, 6.45) is -4.39. The smallest absolute Gasteiger partial charge is 0.411 e. The van der Waals surface area contributed by atoms with Gasteiger partial charge < -0.3 is 14.6 Å². The Balaban J connectivity index is 2.46. The van der Waals surface area contributed by atoms with E-state index in [2.05, 4.69) is 4.74 Å². The molecule has 0 saturated carbocycles. The summed E-state index contributed by atoms with van der Waals surface area (Å²) < 4.78 is 44.4. The standard InChI is InChI=1S/C10H10ClF3O3/c11-8-1-2-9(7(3-8)4-15)17-6-16-5-10(12,13)14/h1-3,15H,4-6H2. The lowest BCUT2D eigenvalue weighted by molar-refractivity contribution is -0.186. The summed E-state index contributed by atoms with van der Waals surface area (Å²) in [6.45, 7) is -2.25. The first-order chi connectivity index (χ1) is 7.92. The van der Waals surface area contributed by atoms with Crippen LogP contribution in [0.1, 0.15) is 5.56 Å². The predicted octanol–water partition coefficient (Wildman–Crippen LogP) is 2.75. The first-order valence-corrected chi connectivity index (χ1v) is 4.97. The molecule has 0 bridgehead atoms. The fraction of sp³-hybridized carbons (Fsp3) is 0.400. The van der Waals surface area contributed by atoms with Gasteiger partial charge in [0.15, 0.2) is 6.79 Å². The summed E-state index contributed by atoms with van der Waals surface area (Å²) in [4.78, 5) is 0. The number of benzene rings is 1. The molecule has 0 atom stereocenters. The van der Waals surface area contributed by atoms with Crippen molar-refractivity contribution in [1.82, 2.24) is 0 Å². The van der Waals surface area contributed by atoms with Crippen LogP contribution in [0.5, 0.6) is 5.75 Å². The van der Waals surface area contributed by atoms with E-state index in [1.165, 1.54) is 18.2 Å². The molecule has 1 aromatic rings. The fourth-order valence-electron chi connectivity index (χ4n) is 1.07. The van der Waals surface area contributed by atoms with Crippen molar-refractivity contribution in [2.45, 2.75) is 12.8 Å². The Labute approximate surface area is 101 Å². The van der Waals surface area contributed by atoms with Gasteiger partial charge in [-0.3, -0.25) is 0 Å². The van der Waals surface area contributed by atoms with Crippen LogP contribution in [0.4, 0.5) is 13.2 Å². The second kappa shape index (κ2) is 6.09. The third kappa shape index (κ3) is 5.25. The van der Waals surface area contributed by atoms with Crippen molar-refractivity contribution >= 4 is 11.6 Å². The van der Waals surface area contributed by atoms with Crippen molar-refractivity contribution in [3.05, 3.63) is 28.8 Å². The Morgan fingerprint density at radius 1 is 1.29 bits per heavy atom. The summed E-state index contributed by atoms with van der Waals surface area (Å²) in [7, 11) is 0. The van der Waals surface area contributed by atoms with E-state index < -0.39 is 19.6 Å². The van der Waals surface area contributed by atoms with E-state index in [1.54, 1.807) is 0 Å². The molecular weight excluding hydrogens is 261 g/mol. The molecule has 96 valence electrons. The van der Waals surface area contributed by atoms with Gasteiger partial charge in [-0.15, -0.1) is 0 Å². The van der Waals surface area contributed by atoms with E-state index in [9.17, 15) is 13.2 Å². The Kier molecular flexibility index (Phi) is 5.04. The summed E-state index contributed by atoms with van der Waals surface area (Å²) in [6, 6.07) is 4.41. The molecule has 0 heterocycles. The quantitative estimate of drug-likeness (QED) is 0.660. The van der Waals surface area contributed by atoms with Crippen molar-refractivity contribution in [2.75, 3.05) is 13.4 Å². The van der Waals surface area contributed by atoms with Gasteiger partial charge in [0.05, 0.1) is 6.61 Å². The average Bonchev–Trinajstić information content (AvgIpc) is 2.24. The SMILES string of the molecule is OCc1cc(Cl)ccc1OCOCC(F)(F)F. The van der Waals surface area contributed by atoms with Gasteiger partial charge in [0.2, 0.25) is 0 Å². The Hall–Kier alpha value is -0.980. The predicted molar refractivity (Wildman–Crippen MR) is 54.9 cm³/mol. The van der Waals surface area contributed by atoms with Gasteiger partial charge >= 0.3 is 6.18 Å². The van der Waals surface area contributed by atoms with Gasteiger partial charge in [-0.1, -0.05) is 11.6 Å². The Morgan fingerprint density at radius 2 is 2.00 bits per heavy atom. The van der Waals surface area contributed by atoms with Crippen LogP contribution in [-0.4, -0.2) is 24.7 Å². The molecule has 0 spiro atoms. The second-order valence-corrected chi connectivity index (χ2v) is 3.57. The van der Waals surface area contributed by atoms with Gasteiger partial charge in [0.25, 0.3) is 0 Å². The average molecular weight is 271 g/mol. The molecule has 0 aliphatic rings. The maximum absolute atomic E-state index is 11.7. The third-order valence-corrected chi connectivity index (χ3v) is 1.99. The zero-order valence-electron chi connectivity index (χ0n) is 8.63. The van der Waals surface area contributed by atoms with E-state index in [-0.39, 0.29) is 12.4 Å². The molecule has 3 nitrogen and oxygen atoms in total. The number of alkyl halides is 3. The lowest BCUT2D eigenvalue weighted by Crippen LogP contribution is -2.19. The van der Waals surface area contributed by atoms with Crippen LogP contribution in [0.3, 0.4) is 0 Å². The highest BCUT2D eigenvalue weighted by Gasteiger charge is 2.27. The molecule has 7 heteroatoms. The molecule has 0 amide bonds. The number of ether oxygens (including phenoxy) is 2. The topological polar surface area (TPSA) is 38.7 Å². The van der Waals surface area contributed by atoms with Crippen molar-refractivity contribution in [3.63, 3.8) is 0 Å². The minimum absolute atomic E-state index is 0.235. The van der Waals surface area contributed by atoms with Crippen LogP contribution in [-0.2, 0) is 11.3 Å². The molecule has 1 rings (SSSR count). The van der Waals surface area contributed by atoms with E-state index in [0.29, 0.717) is 10.6 Å². The highest BCUT2D eigenvalue weighted by atomic mass is 35.5. The van der Waals surface area contributed by atoms with Gasteiger partial charge in [-0.2, -0.15) is 13.2 Å². The number of hydrogen-bond donors (Lipinski definition) is 1. The molecule has 0 aliphatic heterocycles. The lowest BCUT2D eigenvalue weighted by atomic mass is 10.2. The maximum atomic E-state index is 11.7. The number of aliphatic hydroxyl groups excluding tert-OH is 1. The van der Waals surface area contributed by atoms with Crippen LogP contribution < -0.4 is 4.74 Å². The molecule has 0 fully saturated rings. The normalized spacial score (nSPS) is 11.6. The van der Waals surface area contributed by atoms with E-state index in [0.717, 1.165) is 0 Å². The first-order valence-electron chi connectivity index (χ1n) is 4.59.